The number of amides is 1. The molecule has 0 unspecified atom stereocenters. The first kappa shape index (κ1) is 23.0. The highest BCUT2D eigenvalue weighted by molar-refractivity contribution is 14.0. The number of likely N-dealkylation sites (N-methyl/N-ethyl adjacent to an activating group) is 1. The van der Waals surface area contributed by atoms with Crippen LogP contribution in [0.4, 0.5) is 0 Å². The molecule has 2 rings (SSSR count). The molecule has 0 spiro atoms. The maximum absolute atomic E-state index is 11.9. The number of nitrogens with one attached hydrogen (secondary N) is 1. The second-order valence-electron chi connectivity index (χ2n) is 6.45. The molecule has 1 heterocycles. The molecule has 0 atom stereocenters. The Balaban J connectivity index is 0.00000364. The van der Waals surface area contributed by atoms with Crippen LogP contribution in [-0.2, 0) is 17.8 Å². The Bertz CT molecular complexity index is 729. The van der Waals surface area contributed by atoms with Gasteiger partial charge in [0.25, 0.3) is 0 Å². The van der Waals surface area contributed by atoms with E-state index in [4.69, 9.17) is 4.42 Å². The van der Waals surface area contributed by atoms with Gasteiger partial charge < -0.3 is 19.5 Å². The molecule has 0 aliphatic carbocycles. The highest BCUT2D eigenvalue weighted by Gasteiger charge is 2.11. The van der Waals surface area contributed by atoms with E-state index in [-0.39, 0.29) is 36.4 Å². The number of nitrogens with zero attached hydrogens (tertiary/aromatic N) is 3. The van der Waals surface area contributed by atoms with E-state index < -0.39 is 0 Å². The molecule has 0 bridgehead atoms. The lowest BCUT2D eigenvalue weighted by molar-refractivity contribution is -0.127. The summed E-state index contributed by atoms with van der Waals surface area (Å²) in [5.41, 5.74) is 2.36. The highest BCUT2D eigenvalue weighted by Crippen LogP contribution is 2.11. The van der Waals surface area contributed by atoms with E-state index in [1.165, 1.54) is 5.56 Å². The molecule has 0 saturated carbocycles. The van der Waals surface area contributed by atoms with Gasteiger partial charge in [-0.3, -0.25) is 4.79 Å². The van der Waals surface area contributed by atoms with Crippen LogP contribution < -0.4 is 5.32 Å². The van der Waals surface area contributed by atoms with Crippen molar-refractivity contribution in [2.75, 3.05) is 34.2 Å². The number of carbonyl (C=O) groups excluding carboxylic acids is 1. The lowest BCUT2D eigenvalue weighted by Gasteiger charge is -2.22. The summed E-state index contributed by atoms with van der Waals surface area (Å²) in [4.78, 5) is 19.9. The van der Waals surface area contributed by atoms with Gasteiger partial charge in [-0.25, -0.2) is 4.99 Å². The molecular formula is C20H29IN4O2. The molecule has 1 aromatic carbocycles. The van der Waals surface area contributed by atoms with Crippen molar-refractivity contribution in [1.82, 2.24) is 15.1 Å². The molecule has 6 nitrogen and oxygen atoms in total. The van der Waals surface area contributed by atoms with Gasteiger partial charge in [0.2, 0.25) is 5.91 Å². The third-order valence-electron chi connectivity index (χ3n) is 4.14. The van der Waals surface area contributed by atoms with Crippen molar-refractivity contribution in [2.24, 2.45) is 4.99 Å². The Morgan fingerprint density at radius 3 is 2.44 bits per heavy atom. The Morgan fingerprint density at radius 2 is 1.85 bits per heavy atom. The Labute approximate surface area is 178 Å². The van der Waals surface area contributed by atoms with Gasteiger partial charge in [-0.05, 0) is 25.0 Å². The Hall–Kier alpha value is -2.03. The molecule has 1 amide bonds. The van der Waals surface area contributed by atoms with E-state index in [1.54, 1.807) is 25.3 Å². The number of halogens is 1. The van der Waals surface area contributed by atoms with Gasteiger partial charge in [0, 0.05) is 39.8 Å². The van der Waals surface area contributed by atoms with E-state index in [1.807, 2.05) is 43.1 Å². The maximum Gasteiger partial charge on any atom is 0.243 e. The number of aryl methyl sites for hydroxylation is 1. The van der Waals surface area contributed by atoms with Gasteiger partial charge in [-0.15, -0.1) is 24.0 Å². The van der Waals surface area contributed by atoms with E-state index in [0.717, 1.165) is 24.3 Å². The molecule has 7 heteroatoms. The fourth-order valence-corrected chi connectivity index (χ4v) is 2.46. The first-order valence-corrected chi connectivity index (χ1v) is 8.74. The zero-order valence-corrected chi connectivity index (χ0v) is 18.8. The average Bonchev–Trinajstić information content (AvgIpc) is 3.03. The van der Waals surface area contributed by atoms with Crippen molar-refractivity contribution >= 4 is 35.8 Å². The van der Waals surface area contributed by atoms with Crippen LogP contribution in [0.25, 0.3) is 0 Å². The molecule has 0 aliphatic heterocycles. The molecular weight excluding hydrogens is 455 g/mol. The monoisotopic (exact) mass is 484 g/mol. The van der Waals surface area contributed by atoms with Gasteiger partial charge in [-0.1, -0.05) is 30.3 Å². The summed E-state index contributed by atoms with van der Waals surface area (Å²) in [6.45, 7) is 3.47. The second-order valence-corrected chi connectivity index (χ2v) is 6.45. The van der Waals surface area contributed by atoms with Crippen LogP contribution in [-0.4, -0.2) is 55.9 Å². The predicted molar refractivity (Wildman–Crippen MR) is 119 cm³/mol. The van der Waals surface area contributed by atoms with Crippen molar-refractivity contribution in [3.63, 3.8) is 0 Å². The molecule has 2 aromatic rings. The number of carbonyl (C=O) groups is 1. The SMILES string of the molecule is Cc1occc1CN(C)C(=NCC(=O)N(C)C)NCCc1ccccc1.I. The number of hydrogen-bond acceptors (Lipinski definition) is 3. The topological polar surface area (TPSA) is 61.1 Å². The fourth-order valence-electron chi connectivity index (χ4n) is 2.46. The minimum Gasteiger partial charge on any atom is -0.469 e. The molecule has 0 radical (unpaired) electrons. The Kier molecular flexibility index (Phi) is 9.92. The molecule has 1 N–H and O–H groups in total. The first-order valence-electron chi connectivity index (χ1n) is 8.74. The predicted octanol–water partition coefficient (Wildman–Crippen LogP) is 2.91. The summed E-state index contributed by atoms with van der Waals surface area (Å²) in [6.07, 6.45) is 2.58. The van der Waals surface area contributed by atoms with Crippen LogP contribution in [0, 0.1) is 6.92 Å². The number of aliphatic imine (C=N–C) groups is 1. The van der Waals surface area contributed by atoms with Crippen LogP contribution in [0.5, 0.6) is 0 Å². The lowest BCUT2D eigenvalue weighted by atomic mass is 10.1. The zero-order chi connectivity index (χ0) is 18.9. The molecule has 148 valence electrons. The zero-order valence-electron chi connectivity index (χ0n) is 16.4. The summed E-state index contributed by atoms with van der Waals surface area (Å²) in [5, 5.41) is 3.37. The highest BCUT2D eigenvalue weighted by atomic mass is 127. The molecule has 0 fully saturated rings. The van der Waals surface area contributed by atoms with Crippen LogP contribution in [0.1, 0.15) is 16.9 Å². The van der Waals surface area contributed by atoms with Crippen molar-refractivity contribution in [1.29, 1.82) is 0 Å². The summed E-state index contributed by atoms with van der Waals surface area (Å²) in [6, 6.07) is 12.2. The van der Waals surface area contributed by atoms with Crippen molar-refractivity contribution in [3.8, 4) is 0 Å². The number of hydrogen-bond donors (Lipinski definition) is 1. The smallest absolute Gasteiger partial charge is 0.243 e. The van der Waals surface area contributed by atoms with Crippen molar-refractivity contribution < 1.29 is 9.21 Å². The third kappa shape index (κ3) is 7.62. The van der Waals surface area contributed by atoms with Gasteiger partial charge in [0.1, 0.15) is 12.3 Å². The third-order valence-corrected chi connectivity index (χ3v) is 4.14. The molecule has 0 saturated heterocycles. The van der Waals surface area contributed by atoms with E-state index >= 15 is 0 Å². The minimum atomic E-state index is -0.0275. The normalized spacial score (nSPS) is 10.9. The summed E-state index contributed by atoms with van der Waals surface area (Å²) in [7, 11) is 5.43. The van der Waals surface area contributed by atoms with Crippen molar-refractivity contribution in [2.45, 2.75) is 19.9 Å². The fraction of sp³-hybridized carbons (Fsp3) is 0.400. The van der Waals surface area contributed by atoms with E-state index in [9.17, 15) is 4.79 Å². The standard InChI is InChI=1S/C20H28N4O2.HI/c1-16-18(11-13-26-16)15-24(4)20(22-14-19(25)23(2)3)21-12-10-17-8-6-5-7-9-17;/h5-9,11,13H,10,12,14-15H2,1-4H3,(H,21,22);1H. The van der Waals surface area contributed by atoms with Crippen LogP contribution in [0.2, 0.25) is 0 Å². The number of furan rings is 1. The summed E-state index contributed by atoms with van der Waals surface area (Å²) in [5.74, 6) is 1.57. The maximum atomic E-state index is 11.9. The number of benzene rings is 1. The molecule has 1 aromatic heterocycles. The number of rotatable bonds is 7. The van der Waals surface area contributed by atoms with E-state index in [0.29, 0.717) is 12.5 Å². The Morgan fingerprint density at radius 1 is 1.15 bits per heavy atom. The van der Waals surface area contributed by atoms with Crippen LogP contribution in [0.3, 0.4) is 0 Å². The lowest BCUT2D eigenvalue weighted by Crippen LogP contribution is -2.40. The minimum absolute atomic E-state index is 0. The molecule has 27 heavy (non-hydrogen) atoms. The van der Waals surface area contributed by atoms with Crippen molar-refractivity contribution in [3.05, 3.63) is 59.5 Å². The van der Waals surface area contributed by atoms with Crippen LogP contribution >= 0.6 is 24.0 Å². The van der Waals surface area contributed by atoms with Crippen LogP contribution in [0.15, 0.2) is 52.1 Å². The van der Waals surface area contributed by atoms with Gasteiger partial charge in [0.15, 0.2) is 5.96 Å². The largest absolute Gasteiger partial charge is 0.469 e. The molecule has 0 aliphatic rings. The van der Waals surface area contributed by atoms with E-state index in [2.05, 4.69) is 22.4 Å². The van der Waals surface area contributed by atoms with Gasteiger partial charge in [0.05, 0.1) is 6.26 Å². The average molecular weight is 484 g/mol. The van der Waals surface area contributed by atoms with Gasteiger partial charge in [-0.2, -0.15) is 0 Å². The quantitative estimate of drug-likeness (QED) is 0.373. The summed E-state index contributed by atoms with van der Waals surface area (Å²) >= 11 is 0. The van der Waals surface area contributed by atoms with Gasteiger partial charge >= 0.3 is 0 Å². The number of guanidine groups is 1. The second kappa shape index (κ2) is 11.6. The first-order chi connectivity index (χ1) is 12.5. The summed E-state index contributed by atoms with van der Waals surface area (Å²) < 4.78 is 5.37.